The normalized spacial score (nSPS) is 21.2. The van der Waals surface area contributed by atoms with E-state index in [1.807, 2.05) is 0 Å². The van der Waals surface area contributed by atoms with Crippen molar-refractivity contribution < 1.29 is 5.11 Å². The molecule has 0 aliphatic carbocycles. The van der Waals surface area contributed by atoms with Gasteiger partial charge in [0.2, 0.25) is 0 Å². The number of aryl methyl sites for hydroxylation is 2. The van der Waals surface area contributed by atoms with Gasteiger partial charge in [-0.25, -0.2) is 0 Å². The van der Waals surface area contributed by atoms with Crippen molar-refractivity contribution in [3.63, 3.8) is 0 Å². The number of aliphatic hydroxyl groups excluding tert-OH is 1. The first-order valence-corrected chi connectivity index (χ1v) is 6.17. The minimum absolute atomic E-state index is 0.271. The Kier molecular flexibility index (Phi) is 3.49. The summed E-state index contributed by atoms with van der Waals surface area (Å²) in [7, 11) is 0. The zero-order valence-corrected chi connectivity index (χ0v) is 10.2. The molecule has 1 fully saturated rings. The minimum Gasteiger partial charge on any atom is -0.394 e. The SMILES string of the molecule is Cc1ccc(N2CCCCC2CO)cc1C. The maximum Gasteiger partial charge on any atom is 0.0635 e. The van der Waals surface area contributed by atoms with Crippen LogP contribution in [0.1, 0.15) is 30.4 Å². The first kappa shape index (κ1) is 11.5. The lowest BCUT2D eigenvalue weighted by Crippen LogP contribution is -2.41. The Balaban J connectivity index is 2.23. The molecule has 1 aromatic rings. The molecule has 0 saturated carbocycles. The number of benzene rings is 1. The van der Waals surface area contributed by atoms with Crippen LogP contribution in [0.25, 0.3) is 0 Å². The molecule has 1 aliphatic heterocycles. The molecule has 0 radical (unpaired) electrons. The van der Waals surface area contributed by atoms with Crippen LogP contribution < -0.4 is 4.90 Å². The van der Waals surface area contributed by atoms with Crippen molar-refractivity contribution in [2.75, 3.05) is 18.1 Å². The highest BCUT2D eigenvalue weighted by Gasteiger charge is 2.21. The highest BCUT2D eigenvalue weighted by atomic mass is 16.3. The maximum atomic E-state index is 9.40. The van der Waals surface area contributed by atoms with Crippen LogP contribution in [0.5, 0.6) is 0 Å². The molecule has 1 unspecified atom stereocenters. The topological polar surface area (TPSA) is 23.5 Å². The molecule has 1 heterocycles. The molecule has 88 valence electrons. The van der Waals surface area contributed by atoms with Gasteiger partial charge in [-0.3, -0.25) is 0 Å². The quantitative estimate of drug-likeness (QED) is 0.826. The van der Waals surface area contributed by atoms with Crippen molar-refractivity contribution in [3.05, 3.63) is 29.3 Å². The van der Waals surface area contributed by atoms with Crippen LogP contribution in [0.2, 0.25) is 0 Å². The fourth-order valence-corrected chi connectivity index (χ4v) is 2.43. The van der Waals surface area contributed by atoms with Crippen molar-refractivity contribution in [2.24, 2.45) is 0 Å². The lowest BCUT2D eigenvalue weighted by molar-refractivity contribution is 0.240. The third-order valence-corrected chi connectivity index (χ3v) is 3.66. The number of aliphatic hydroxyl groups is 1. The zero-order chi connectivity index (χ0) is 11.5. The molecule has 0 aromatic heterocycles. The van der Waals surface area contributed by atoms with Gasteiger partial charge in [0.1, 0.15) is 0 Å². The third-order valence-electron chi connectivity index (χ3n) is 3.66. The summed E-state index contributed by atoms with van der Waals surface area (Å²) in [4.78, 5) is 2.36. The van der Waals surface area contributed by atoms with Crippen LogP contribution in [0.3, 0.4) is 0 Å². The Morgan fingerprint density at radius 1 is 1.25 bits per heavy atom. The molecule has 1 saturated heterocycles. The van der Waals surface area contributed by atoms with E-state index >= 15 is 0 Å². The van der Waals surface area contributed by atoms with Gasteiger partial charge in [-0.2, -0.15) is 0 Å². The van der Waals surface area contributed by atoms with E-state index in [0.717, 1.165) is 13.0 Å². The Morgan fingerprint density at radius 2 is 2.06 bits per heavy atom. The maximum absolute atomic E-state index is 9.40. The van der Waals surface area contributed by atoms with Crippen molar-refractivity contribution in [1.82, 2.24) is 0 Å². The summed E-state index contributed by atoms with van der Waals surface area (Å²) in [5, 5.41) is 9.40. The molecule has 1 N–H and O–H groups in total. The second kappa shape index (κ2) is 4.88. The van der Waals surface area contributed by atoms with Crippen molar-refractivity contribution in [1.29, 1.82) is 0 Å². The highest BCUT2D eigenvalue weighted by molar-refractivity contribution is 5.51. The fraction of sp³-hybridized carbons (Fsp3) is 0.571. The molecular formula is C14H21NO. The first-order chi connectivity index (χ1) is 7.72. The van der Waals surface area contributed by atoms with Gasteiger partial charge in [-0.1, -0.05) is 6.07 Å². The monoisotopic (exact) mass is 219 g/mol. The van der Waals surface area contributed by atoms with Crippen LogP contribution in [-0.2, 0) is 0 Å². The van der Waals surface area contributed by atoms with Crippen LogP contribution in [0, 0.1) is 13.8 Å². The van der Waals surface area contributed by atoms with E-state index in [1.54, 1.807) is 0 Å². The Hall–Kier alpha value is -1.02. The number of nitrogens with zero attached hydrogens (tertiary/aromatic N) is 1. The molecule has 0 amide bonds. The van der Waals surface area contributed by atoms with E-state index in [0.29, 0.717) is 6.04 Å². The number of piperidine rings is 1. The second-order valence-corrected chi connectivity index (χ2v) is 4.79. The van der Waals surface area contributed by atoms with Gasteiger partial charge in [0.05, 0.1) is 12.6 Å². The first-order valence-electron chi connectivity index (χ1n) is 6.17. The predicted molar refractivity (Wildman–Crippen MR) is 68.0 cm³/mol. The van der Waals surface area contributed by atoms with E-state index in [9.17, 15) is 5.11 Å². The molecule has 1 aromatic carbocycles. The average molecular weight is 219 g/mol. The van der Waals surface area contributed by atoms with E-state index in [4.69, 9.17) is 0 Å². The Labute approximate surface area is 97.9 Å². The highest BCUT2D eigenvalue weighted by Crippen LogP contribution is 2.26. The zero-order valence-electron chi connectivity index (χ0n) is 10.2. The Bertz CT molecular complexity index is 362. The summed E-state index contributed by atoms with van der Waals surface area (Å²) < 4.78 is 0. The van der Waals surface area contributed by atoms with Gasteiger partial charge in [0.25, 0.3) is 0 Å². The molecule has 2 nitrogen and oxygen atoms in total. The van der Waals surface area contributed by atoms with Crippen LogP contribution in [0.4, 0.5) is 5.69 Å². The summed E-state index contributed by atoms with van der Waals surface area (Å²) in [5.41, 5.74) is 3.93. The molecule has 0 spiro atoms. The van der Waals surface area contributed by atoms with E-state index in [2.05, 4.69) is 36.9 Å². The van der Waals surface area contributed by atoms with Gasteiger partial charge >= 0.3 is 0 Å². The predicted octanol–water partition coefficient (Wildman–Crippen LogP) is 2.65. The smallest absolute Gasteiger partial charge is 0.0635 e. The molecule has 1 aliphatic rings. The van der Waals surface area contributed by atoms with Crippen molar-refractivity contribution >= 4 is 5.69 Å². The summed E-state index contributed by atoms with van der Waals surface area (Å²) >= 11 is 0. The molecule has 2 rings (SSSR count). The second-order valence-electron chi connectivity index (χ2n) is 4.79. The average Bonchev–Trinajstić information content (AvgIpc) is 2.32. The number of rotatable bonds is 2. The lowest BCUT2D eigenvalue weighted by atomic mass is 10.0. The third kappa shape index (κ3) is 2.22. The fourth-order valence-electron chi connectivity index (χ4n) is 2.43. The molecule has 1 atom stereocenters. The standard InChI is InChI=1S/C14H21NO/c1-11-6-7-13(9-12(11)2)15-8-4-3-5-14(15)10-16/h6-7,9,14,16H,3-5,8,10H2,1-2H3. The summed E-state index contributed by atoms with van der Waals surface area (Å²) in [6.07, 6.45) is 3.60. The van der Waals surface area contributed by atoms with Crippen LogP contribution in [0.15, 0.2) is 18.2 Å². The number of anilines is 1. The molecule has 0 bridgehead atoms. The van der Waals surface area contributed by atoms with Crippen LogP contribution >= 0.6 is 0 Å². The largest absolute Gasteiger partial charge is 0.394 e. The van der Waals surface area contributed by atoms with Gasteiger partial charge in [-0.05, 0) is 56.4 Å². The van der Waals surface area contributed by atoms with Crippen molar-refractivity contribution in [2.45, 2.75) is 39.2 Å². The molecule has 2 heteroatoms. The van der Waals surface area contributed by atoms with E-state index < -0.39 is 0 Å². The van der Waals surface area contributed by atoms with Gasteiger partial charge in [0.15, 0.2) is 0 Å². The number of hydrogen-bond acceptors (Lipinski definition) is 2. The minimum atomic E-state index is 0.271. The summed E-state index contributed by atoms with van der Waals surface area (Å²) in [5.74, 6) is 0. The van der Waals surface area contributed by atoms with E-state index in [1.165, 1.54) is 29.7 Å². The molecular weight excluding hydrogens is 198 g/mol. The Morgan fingerprint density at radius 3 is 2.75 bits per heavy atom. The summed E-state index contributed by atoms with van der Waals surface area (Å²) in [6.45, 7) is 5.64. The van der Waals surface area contributed by atoms with Crippen molar-refractivity contribution in [3.8, 4) is 0 Å². The van der Waals surface area contributed by atoms with Crippen LogP contribution in [-0.4, -0.2) is 24.3 Å². The van der Waals surface area contributed by atoms with E-state index in [-0.39, 0.29) is 6.61 Å². The molecule has 16 heavy (non-hydrogen) atoms. The number of hydrogen-bond donors (Lipinski definition) is 1. The van der Waals surface area contributed by atoms with Gasteiger partial charge in [0, 0.05) is 12.2 Å². The van der Waals surface area contributed by atoms with Gasteiger partial charge in [-0.15, -0.1) is 0 Å². The summed E-state index contributed by atoms with van der Waals surface area (Å²) in [6, 6.07) is 6.91. The van der Waals surface area contributed by atoms with Gasteiger partial charge < -0.3 is 10.0 Å². The lowest BCUT2D eigenvalue weighted by Gasteiger charge is -2.36.